The second-order valence-electron chi connectivity index (χ2n) is 5.29. The maximum absolute atomic E-state index is 5.88. The van der Waals surface area contributed by atoms with Crippen LogP contribution in [0.15, 0.2) is 34.9 Å². The van der Waals surface area contributed by atoms with Crippen molar-refractivity contribution in [2.24, 2.45) is 0 Å². The van der Waals surface area contributed by atoms with Crippen LogP contribution in [0, 0.1) is 6.92 Å². The lowest BCUT2D eigenvalue weighted by Gasteiger charge is -2.27. The second-order valence-corrected chi connectivity index (χ2v) is 6.08. The van der Waals surface area contributed by atoms with Gasteiger partial charge in [0.15, 0.2) is 0 Å². The van der Waals surface area contributed by atoms with Crippen LogP contribution in [0.25, 0.3) is 0 Å². The van der Waals surface area contributed by atoms with Crippen molar-refractivity contribution in [1.82, 2.24) is 4.98 Å². The third-order valence-corrected chi connectivity index (χ3v) is 4.95. The molecule has 2 aromatic rings. The van der Waals surface area contributed by atoms with Gasteiger partial charge in [-0.1, -0.05) is 24.3 Å². The molecule has 1 aliphatic rings. The van der Waals surface area contributed by atoms with E-state index in [9.17, 15) is 0 Å². The van der Waals surface area contributed by atoms with Gasteiger partial charge in [0.25, 0.3) is 0 Å². The Hall–Kier alpha value is -1.55. The first-order valence-electron chi connectivity index (χ1n) is 6.91. The molecule has 3 rings (SSSR count). The van der Waals surface area contributed by atoms with Crippen LogP contribution in [0.2, 0.25) is 0 Å². The molecule has 0 saturated heterocycles. The second kappa shape index (κ2) is 5.44. The molecule has 0 amide bonds. The number of rotatable bonds is 2. The van der Waals surface area contributed by atoms with E-state index >= 15 is 0 Å². The number of hydrogen-bond donors (Lipinski definition) is 2. The Balaban J connectivity index is 1.92. The molecule has 0 bridgehead atoms. The Morgan fingerprint density at radius 1 is 1.35 bits per heavy atom. The Morgan fingerprint density at radius 3 is 3.00 bits per heavy atom. The molecule has 3 nitrogen and oxygen atoms in total. The maximum Gasteiger partial charge on any atom is 0.141 e. The Bertz CT molecular complexity index is 640. The van der Waals surface area contributed by atoms with Crippen molar-refractivity contribution in [1.29, 1.82) is 0 Å². The molecule has 0 aliphatic heterocycles. The van der Waals surface area contributed by atoms with Gasteiger partial charge in [-0.05, 0) is 58.8 Å². The molecule has 3 N–H and O–H groups in total. The van der Waals surface area contributed by atoms with Gasteiger partial charge in [0.05, 0.1) is 22.4 Å². The molecule has 1 atom stereocenters. The molecule has 104 valence electrons. The average Bonchev–Trinajstić information content (AvgIpc) is 2.48. The van der Waals surface area contributed by atoms with Gasteiger partial charge in [0, 0.05) is 0 Å². The monoisotopic (exact) mass is 331 g/mol. The molecule has 1 aromatic heterocycles. The number of nitrogens with zero attached hydrogens (tertiary/aromatic N) is 1. The summed E-state index contributed by atoms with van der Waals surface area (Å²) >= 11 is 3.59. The minimum absolute atomic E-state index is 0.326. The SMILES string of the molecule is Cc1c(N)cnc(NC2CCCc3ccccc32)c1Br. The van der Waals surface area contributed by atoms with E-state index in [1.54, 1.807) is 6.20 Å². The summed E-state index contributed by atoms with van der Waals surface area (Å²) in [6.07, 6.45) is 5.23. The fourth-order valence-corrected chi connectivity index (χ4v) is 3.21. The lowest BCUT2D eigenvalue weighted by Crippen LogP contribution is -2.18. The van der Waals surface area contributed by atoms with Crippen molar-refractivity contribution in [3.63, 3.8) is 0 Å². The molecule has 1 heterocycles. The van der Waals surface area contributed by atoms with E-state index in [1.807, 2.05) is 6.92 Å². The average molecular weight is 332 g/mol. The first-order valence-corrected chi connectivity index (χ1v) is 7.71. The summed E-state index contributed by atoms with van der Waals surface area (Å²) < 4.78 is 0.959. The van der Waals surface area contributed by atoms with Crippen LogP contribution in [0.3, 0.4) is 0 Å². The molecule has 20 heavy (non-hydrogen) atoms. The highest BCUT2D eigenvalue weighted by molar-refractivity contribution is 9.10. The van der Waals surface area contributed by atoms with Crippen LogP contribution in [-0.2, 0) is 6.42 Å². The third kappa shape index (κ3) is 2.40. The van der Waals surface area contributed by atoms with Crippen LogP contribution in [0.4, 0.5) is 11.5 Å². The summed E-state index contributed by atoms with van der Waals surface area (Å²) in [5.41, 5.74) is 10.5. The Kier molecular flexibility index (Phi) is 3.66. The summed E-state index contributed by atoms with van der Waals surface area (Å²) in [5, 5.41) is 3.56. The zero-order chi connectivity index (χ0) is 14.1. The smallest absolute Gasteiger partial charge is 0.141 e. The summed E-state index contributed by atoms with van der Waals surface area (Å²) in [6, 6.07) is 8.98. The number of nitrogens with one attached hydrogen (secondary N) is 1. The van der Waals surface area contributed by atoms with Gasteiger partial charge in [0.2, 0.25) is 0 Å². The van der Waals surface area contributed by atoms with Gasteiger partial charge >= 0.3 is 0 Å². The standard InChI is InChI=1S/C16H18BrN3/c1-10-13(18)9-19-16(15(10)17)20-14-8-4-6-11-5-2-3-7-12(11)14/h2-3,5,7,9,14H,4,6,8,18H2,1H3,(H,19,20). The molecule has 0 saturated carbocycles. The van der Waals surface area contributed by atoms with E-state index in [4.69, 9.17) is 5.73 Å². The van der Waals surface area contributed by atoms with Crippen molar-refractivity contribution in [2.75, 3.05) is 11.1 Å². The lowest BCUT2D eigenvalue weighted by atomic mass is 9.88. The topological polar surface area (TPSA) is 50.9 Å². The molecule has 1 unspecified atom stereocenters. The molecule has 1 aliphatic carbocycles. The van der Waals surface area contributed by atoms with E-state index in [2.05, 4.69) is 50.5 Å². The van der Waals surface area contributed by atoms with Crippen molar-refractivity contribution in [3.05, 3.63) is 51.6 Å². The number of aromatic nitrogens is 1. The summed E-state index contributed by atoms with van der Waals surface area (Å²) in [6.45, 7) is 2.00. The lowest BCUT2D eigenvalue weighted by molar-refractivity contribution is 0.598. The van der Waals surface area contributed by atoms with Crippen LogP contribution in [0.1, 0.15) is 35.6 Å². The van der Waals surface area contributed by atoms with E-state index in [-0.39, 0.29) is 0 Å². The van der Waals surface area contributed by atoms with Gasteiger partial charge in [-0.15, -0.1) is 0 Å². The predicted octanol–water partition coefficient (Wildman–Crippen LogP) is 4.22. The molecular weight excluding hydrogens is 314 g/mol. The normalized spacial score (nSPS) is 17.6. The molecule has 1 aromatic carbocycles. The molecule has 4 heteroatoms. The van der Waals surface area contributed by atoms with E-state index < -0.39 is 0 Å². The highest BCUT2D eigenvalue weighted by Gasteiger charge is 2.21. The Morgan fingerprint density at radius 2 is 2.15 bits per heavy atom. The number of fused-ring (bicyclic) bond motifs is 1. The van der Waals surface area contributed by atoms with Gasteiger partial charge in [-0.3, -0.25) is 0 Å². The van der Waals surface area contributed by atoms with E-state index in [0.717, 1.165) is 22.3 Å². The first kappa shape index (κ1) is 13.4. The van der Waals surface area contributed by atoms with Gasteiger partial charge in [-0.2, -0.15) is 0 Å². The number of nitrogen functional groups attached to an aromatic ring is 1. The van der Waals surface area contributed by atoms with Crippen molar-refractivity contribution in [3.8, 4) is 0 Å². The largest absolute Gasteiger partial charge is 0.397 e. The number of pyridine rings is 1. The summed E-state index contributed by atoms with van der Waals surface area (Å²) in [7, 11) is 0. The fraction of sp³-hybridized carbons (Fsp3) is 0.312. The van der Waals surface area contributed by atoms with Crippen LogP contribution in [0.5, 0.6) is 0 Å². The van der Waals surface area contributed by atoms with Crippen molar-refractivity contribution < 1.29 is 0 Å². The van der Waals surface area contributed by atoms with Gasteiger partial charge in [0.1, 0.15) is 5.82 Å². The van der Waals surface area contributed by atoms with Crippen molar-refractivity contribution >= 4 is 27.4 Å². The predicted molar refractivity (Wildman–Crippen MR) is 86.8 cm³/mol. The minimum Gasteiger partial charge on any atom is -0.397 e. The number of anilines is 2. The highest BCUT2D eigenvalue weighted by atomic mass is 79.9. The summed E-state index contributed by atoms with van der Waals surface area (Å²) in [5.74, 6) is 0.874. The quantitative estimate of drug-likeness (QED) is 0.865. The minimum atomic E-state index is 0.326. The zero-order valence-electron chi connectivity index (χ0n) is 11.5. The van der Waals surface area contributed by atoms with Crippen LogP contribution in [-0.4, -0.2) is 4.98 Å². The zero-order valence-corrected chi connectivity index (χ0v) is 13.1. The van der Waals surface area contributed by atoms with Crippen LogP contribution < -0.4 is 11.1 Å². The number of hydrogen-bond acceptors (Lipinski definition) is 3. The Labute approximate surface area is 127 Å². The molecular formula is C16H18BrN3. The number of benzene rings is 1. The highest BCUT2D eigenvalue weighted by Crippen LogP contribution is 2.35. The molecule has 0 fully saturated rings. The van der Waals surface area contributed by atoms with E-state index in [0.29, 0.717) is 11.7 Å². The third-order valence-electron chi connectivity index (χ3n) is 3.98. The number of halogens is 1. The van der Waals surface area contributed by atoms with Crippen LogP contribution >= 0.6 is 15.9 Å². The van der Waals surface area contributed by atoms with Gasteiger partial charge < -0.3 is 11.1 Å². The number of nitrogens with two attached hydrogens (primary N) is 1. The van der Waals surface area contributed by atoms with Crippen molar-refractivity contribution in [2.45, 2.75) is 32.2 Å². The maximum atomic E-state index is 5.88. The summed E-state index contributed by atoms with van der Waals surface area (Å²) in [4.78, 5) is 4.42. The van der Waals surface area contributed by atoms with E-state index in [1.165, 1.54) is 24.0 Å². The van der Waals surface area contributed by atoms with Gasteiger partial charge in [-0.25, -0.2) is 4.98 Å². The first-order chi connectivity index (χ1) is 9.66. The molecule has 0 spiro atoms. The molecule has 0 radical (unpaired) electrons. The number of aryl methyl sites for hydroxylation is 1. The fourth-order valence-electron chi connectivity index (χ4n) is 2.76.